The molecule has 0 rings (SSSR count). The van der Waals surface area contributed by atoms with Crippen molar-refractivity contribution in [3.8, 4) is 0 Å². The summed E-state index contributed by atoms with van der Waals surface area (Å²) in [5.74, 6) is 3.39. The van der Waals surface area contributed by atoms with Crippen molar-refractivity contribution in [3.63, 3.8) is 0 Å². The molecule has 0 aromatic carbocycles. The summed E-state index contributed by atoms with van der Waals surface area (Å²) in [6, 6.07) is 0. The first-order valence-electron chi connectivity index (χ1n) is 8.15. The van der Waals surface area contributed by atoms with Crippen LogP contribution in [0.4, 0.5) is 0 Å². The summed E-state index contributed by atoms with van der Waals surface area (Å²) >= 11 is 0. The molecule has 0 aromatic heterocycles. The predicted molar refractivity (Wildman–Crippen MR) is 84.8 cm³/mol. The topological polar surface area (TPSA) is 0 Å². The van der Waals surface area contributed by atoms with Gasteiger partial charge in [0.2, 0.25) is 0 Å². The third kappa shape index (κ3) is 7.95. The molecule has 0 fully saturated rings. The molecule has 0 aromatic rings. The third-order valence-electron chi connectivity index (χ3n) is 4.70. The van der Waals surface area contributed by atoms with E-state index in [1.807, 2.05) is 0 Å². The first-order valence-corrected chi connectivity index (χ1v) is 8.15. The Morgan fingerprint density at radius 1 is 0.778 bits per heavy atom. The van der Waals surface area contributed by atoms with Crippen LogP contribution in [0.15, 0.2) is 12.2 Å². The van der Waals surface area contributed by atoms with Gasteiger partial charge in [-0.25, -0.2) is 0 Å². The fourth-order valence-electron chi connectivity index (χ4n) is 2.61. The summed E-state index contributed by atoms with van der Waals surface area (Å²) in [6.07, 6.45) is 12.9. The lowest BCUT2D eigenvalue weighted by Gasteiger charge is -2.21. The Balaban J connectivity index is 3.75. The van der Waals surface area contributed by atoms with Crippen LogP contribution in [0.2, 0.25) is 0 Å². The molecule has 0 aliphatic carbocycles. The molecule has 0 spiro atoms. The smallest absolute Gasteiger partial charge is 0.0236 e. The standard InChI is InChI=1S/C18H36/c1-7-9-12-16(4)18(6)14-10-13-17(5)15(3)11-8-2/h8,11,15-18H,7,9-10,12-14H2,1-6H3. The minimum Gasteiger partial charge on any atom is -0.0914 e. The summed E-state index contributed by atoms with van der Waals surface area (Å²) in [5, 5.41) is 0. The average Bonchev–Trinajstić information content (AvgIpc) is 2.35. The summed E-state index contributed by atoms with van der Waals surface area (Å²) in [7, 11) is 0. The monoisotopic (exact) mass is 252 g/mol. The second kappa shape index (κ2) is 10.6. The SMILES string of the molecule is CC=CC(C)C(C)CCCC(C)C(C)CCCC. The summed E-state index contributed by atoms with van der Waals surface area (Å²) in [5.41, 5.74) is 0. The Kier molecular flexibility index (Phi) is 10.5. The van der Waals surface area contributed by atoms with Gasteiger partial charge in [0.1, 0.15) is 0 Å². The zero-order valence-electron chi connectivity index (χ0n) is 13.7. The van der Waals surface area contributed by atoms with E-state index in [9.17, 15) is 0 Å². The van der Waals surface area contributed by atoms with E-state index >= 15 is 0 Å². The second-order valence-corrected chi connectivity index (χ2v) is 6.39. The minimum atomic E-state index is 0.739. The molecule has 0 heterocycles. The highest BCUT2D eigenvalue weighted by molar-refractivity contribution is 4.85. The summed E-state index contributed by atoms with van der Waals surface area (Å²) in [4.78, 5) is 0. The maximum absolute atomic E-state index is 2.44. The van der Waals surface area contributed by atoms with E-state index in [0.717, 1.165) is 23.7 Å². The minimum absolute atomic E-state index is 0.739. The van der Waals surface area contributed by atoms with E-state index in [0.29, 0.717) is 0 Å². The molecule has 0 bridgehead atoms. The van der Waals surface area contributed by atoms with Crippen LogP contribution in [0, 0.1) is 23.7 Å². The van der Waals surface area contributed by atoms with Crippen LogP contribution >= 0.6 is 0 Å². The Morgan fingerprint density at radius 3 is 1.78 bits per heavy atom. The van der Waals surface area contributed by atoms with Crippen molar-refractivity contribution >= 4 is 0 Å². The van der Waals surface area contributed by atoms with Crippen LogP contribution in [0.1, 0.15) is 80.1 Å². The number of allylic oxidation sites excluding steroid dienone is 2. The fourth-order valence-corrected chi connectivity index (χ4v) is 2.61. The van der Waals surface area contributed by atoms with Crippen LogP contribution in [0.3, 0.4) is 0 Å². The Morgan fingerprint density at radius 2 is 1.28 bits per heavy atom. The van der Waals surface area contributed by atoms with E-state index in [1.54, 1.807) is 0 Å². The Hall–Kier alpha value is -0.260. The normalized spacial score (nSPS) is 18.8. The lowest BCUT2D eigenvalue weighted by molar-refractivity contribution is 0.309. The van der Waals surface area contributed by atoms with Gasteiger partial charge < -0.3 is 0 Å². The molecular weight excluding hydrogens is 216 g/mol. The van der Waals surface area contributed by atoms with E-state index in [4.69, 9.17) is 0 Å². The van der Waals surface area contributed by atoms with Gasteiger partial charge in [-0.2, -0.15) is 0 Å². The first-order chi connectivity index (χ1) is 8.52. The molecular formula is C18H36. The van der Waals surface area contributed by atoms with Crippen LogP contribution in [0.25, 0.3) is 0 Å². The quantitative estimate of drug-likeness (QED) is 0.391. The van der Waals surface area contributed by atoms with Crippen LogP contribution in [-0.4, -0.2) is 0 Å². The molecule has 0 amide bonds. The van der Waals surface area contributed by atoms with Gasteiger partial charge in [0.05, 0.1) is 0 Å². The molecule has 0 aliphatic rings. The van der Waals surface area contributed by atoms with E-state index in [1.165, 1.54) is 38.5 Å². The highest BCUT2D eigenvalue weighted by Crippen LogP contribution is 2.25. The van der Waals surface area contributed by atoms with Crippen molar-refractivity contribution in [1.29, 1.82) is 0 Å². The average molecular weight is 252 g/mol. The van der Waals surface area contributed by atoms with Crippen molar-refractivity contribution < 1.29 is 0 Å². The van der Waals surface area contributed by atoms with Gasteiger partial charge in [0, 0.05) is 0 Å². The van der Waals surface area contributed by atoms with Crippen molar-refractivity contribution in [1.82, 2.24) is 0 Å². The molecule has 0 saturated heterocycles. The molecule has 0 N–H and O–H groups in total. The molecule has 0 saturated carbocycles. The summed E-state index contributed by atoms with van der Waals surface area (Å²) < 4.78 is 0. The maximum atomic E-state index is 2.44. The predicted octanol–water partition coefficient (Wildman–Crippen LogP) is 6.47. The van der Waals surface area contributed by atoms with Crippen molar-refractivity contribution in [2.45, 2.75) is 80.1 Å². The van der Waals surface area contributed by atoms with Crippen LogP contribution in [0.5, 0.6) is 0 Å². The third-order valence-corrected chi connectivity index (χ3v) is 4.70. The number of hydrogen-bond donors (Lipinski definition) is 0. The van der Waals surface area contributed by atoms with Gasteiger partial charge in [-0.3, -0.25) is 0 Å². The van der Waals surface area contributed by atoms with Crippen molar-refractivity contribution in [3.05, 3.63) is 12.2 Å². The zero-order valence-corrected chi connectivity index (χ0v) is 13.7. The molecule has 0 radical (unpaired) electrons. The molecule has 0 nitrogen and oxygen atoms in total. The van der Waals surface area contributed by atoms with E-state index in [2.05, 4.69) is 53.7 Å². The number of rotatable bonds is 10. The highest BCUT2D eigenvalue weighted by atomic mass is 14.2. The van der Waals surface area contributed by atoms with Gasteiger partial charge in [0.15, 0.2) is 0 Å². The fraction of sp³-hybridized carbons (Fsp3) is 0.889. The molecule has 0 heteroatoms. The van der Waals surface area contributed by atoms with Gasteiger partial charge in [0.25, 0.3) is 0 Å². The van der Waals surface area contributed by atoms with E-state index < -0.39 is 0 Å². The van der Waals surface area contributed by atoms with Crippen LogP contribution in [-0.2, 0) is 0 Å². The van der Waals surface area contributed by atoms with E-state index in [-0.39, 0.29) is 0 Å². The molecule has 4 unspecified atom stereocenters. The largest absolute Gasteiger partial charge is 0.0914 e. The van der Waals surface area contributed by atoms with Gasteiger partial charge in [-0.15, -0.1) is 0 Å². The number of unbranched alkanes of at least 4 members (excludes halogenated alkanes) is 1. The highest BCUT2D eigenvalue weighted by Gasteiger charge is 2.13. The molecule has 18 heavy (non-hydrogen) atoms. The van der Waals surface area contributed by atoms with Gasteiger partial charge >= 0.3 is 0 Å². The molecule has 0 aliphatic heterocycles. The maximum Gasteiger partial charge on any atom is -0.0236 e. The van der Waals surface area contributed by atoms with Crippen molar-refractivity contribution in [2.75, 3.05) is 0 Å². The van der Waals surface area contributed by atoms with Gasteiger partial charge in [-0.05, 0) is 30.6 Å². The Bertz CT molecular complexity index is 204. The molecule has 4 atom stereocenters. The second-order valence-electron chi connectivity index (χ2n) is 6.39. The molecule has 108 valence electrons. The summed E-state index contributed by atoms with van der Waals surface area (Å²) in [6.45, 7) is 14.0. The van der Waals surface area contributed by atoms with Crippen LogP contribution < -0.4 is 0 Å². The van der Waals surface area contributed by atoms with Gasteiger partial charge in [-0.1, -0.05) is 85.3 Å². The first kappa shape index (κ1) is 17.7. The lowest BCUT2D eigenvalue weighted by atomic mass is 9.84. The number of hydrogen-bond acceptors (Lipinski definition) is 0. The zero-order chi connectivity index (χ0) is 14.0. The Labute approximate surface area is 116 Å². The lowest BCUT2D eigenvalue weighted by Crippen LogP contribution is -2.10. The van der Waals surface area contributed by atoms with Crippen molar-refractivity contribution in [2.24, 2.45) is 23.7 Å².